The summed E-state index contributed by atoms with van der Waals surface area (Å²) in [5, 5.41) is 3.36. The number of alkyl halides is 4. The van der Waals surface area contributed by atoms with Gasteiger partial charge in [0.2, 0.25) is 23.1 Å². The summed E-state index contributed by atoms with van der Waals surface area (Å²) in [6.07, 6.45) is 2.35. The zero-order chi connectivity index (χ0) is 30.7. The molecule has 220 valence electrons. The van der Waals surface area contributed by atoms with Gasteiger partial charge < -0.3 is 0 Å². The molecule has 0 radical (unpaired) electrons. The van der Waals surface area contributed by atoms with E-state index >= 15 is 0 Å². The Balaban J connectivity index is 1.14. The minimum absolute atomic E-state index is 0.178. The number of thiophene rings is 5. The first-order valence-electron chi connectivity index (χ1n) is 12.8. The monoisotopic (exact) mass is 704 g/mol. The van der Waals surface area contributed by atoms with Crippen LogP contribution in [-0.2, 0) is 0 Å². The van der Waals surface area contributed by atoms with Crippen molar-refractivity contribution in [1.82, 2.24) is 0 Å². The van der Waals surface area contributed by atoms with Gasteiger partial charge in [0.05, 0.1) is 41.8 Å². The van der Waals surface area contributed by atoms with Crippen LogP contribution in [0.3, 0.4) is 0 Å². The van der Waals surface area contributed by atoms with E-state index < -0.39 is 35.0 Å². The molecule has 0 amide bonds. The highest BCUT2D eigenvalue weighted by Gasteiger charge is 2.59. The lowest BCUT2D eigenvalue weighted by Gasteiger charge is -2.09. The van der Waals surface area contributed by atoms with Crippen molar-refractivity contribution in [2.24, 2.45) is 0 Å². The van der Waals surface area contributed by atoms with Crippen LogP contribution in [0.5, 0.6) is 0 Å². The van der Waals surface area contributed by atoms with Gasteiger partial charge in [-0.1, -0.05) is 18.2 Å². The van der Waals surface area contributed by atoms with Gasteiger partial charge >= 0.3 is 11.8 Å². The molecule has 4 nitrogen and oxygen atoms in total. The van der Waals surface area contributed by atoms with E-state index in [0.717, 1.165) is 27.6 Å². The average molecular weight is 705 g/mol. The molecule has 3 aliphatic rings. The number of carbonyl (C=O) groups excluding carboxylic acids is 4. The van der Waals surface area contributed by atoms with Crippen molar-refractivity contribution >= 4 is 96.5 Å². The molecule has 0 saturated heterocycles. The molecular formula is C30H12F4O4S6. The molecule has 0 aromatic carbocycles. The van der Waals surface area contributed by atoms with Crippen LogP contribution >= 0.6 is 68.4 Å². The van der Waals surface area contributed by atoms with Crippen molar-refractivity contribution in [1.29, 1.82) is 0 Å². The molecule has 14 heteroatoms. The zero-order valence-electron chi connectivity index (χ0n) is 21.6. The highest BCUT2D eigenvalue weighted by molar-refractivity contribution is 8.09. The summed E-state index contributed by atoms with van der Waals surface area (Å²) in [5.74, 6) is -14.2. The van der Waals surface area contributed by atoms with E-state index in [9.17, 15) is 36.7 Å². The Bertz CT molecular complexity index is 2110. The lowest BCUT2D eigenvalue weighted by atomic mass is 10.1. The van der Waals surface area contributed by atoms with Crippen LogP contribution in [0.25, 0.3) is 34.2 Å². The quantitative estimate of drug-likeness (QED) is 0.135. The number of hydrogen-bond donors (Lipinski definition) is 0. The summed E-state index contributed by atoms with van der Waals surface area (Å²) >= 11 is 7.56. The number of thioether (sulfide) groups is 1. The highest BCUT2D eigenvalue weighted by atomic mass is 32.2. The Morgan fingerprint density at radius 1 is 0.591 bits per heavy atom. The number of Topliss-reactive ketones (excluding diaryl/α,β-unsaturated/α-hetero) is 4. The van der Waals surface area contributed by atoms with Gasteiger partial charge in [0.1, 0.15) is 0 Å². The molecule has 5 aromatic heterocycles. The molecule has 1 unspecified atom stereocenters. The maximum Gasteiger partial charge on any atom is 0.371 e. The summed E-state index contributed by atoms with van der Waals surface area (Å²) in [6.45, 7) is 0. The van der Waals surface area contributed by atoms with E-state index in [1.165, 1.54) is 45.8 Å². The Morgan fingerprint density at radius 3 is 1.57 bits per heavy atom. The summed E-state index contributed by atoms with van der Waals surface area (Å²) in [7, 11) is 0. The van der Waals surface area contributed by atoms with Crippen molar-refractivity contribution in [2.75, 3.05) is 0 Å². The van der Waals surface area contributed by atoms with Crippen LogP contribution in [0.15, 0.2) is 53.2 Å². The van der Waals surface area contributed by atoms with Crippen LogP contribution in [-0.4, -0.2) is 35.0 Å². The maximum atomic E-state index is 14.6. The van der Waals surface area contributed by atoms with E-state index in [-0.39, 0.29) is 27.5 Å². The van der Waals surface area contributed by atoms with Gasteiger partial charge in [0.25, 0.3) is 0 Å². The number of hydrogen-bond acceptors (Lipinski definition) is 10. The zero-order valence-corrected chi connectivity index (χ0v) is 26.5. The molecule has 1 aliphatic heterocycles. The first-order valence-corrected chi connectivity index (χ1v) is 17.9. The third-order valence-corrected chi connectivity index (χ3v) is 15.1. The summed E-state index contributed by atoms with van der Waals surface area (Å²) in [4.78, 5) is 55.5. The van der Waals surface area contributed by atoms with Crippen molar-refractivity contribution < 1.29 is 36.7 Å². The van der Waals surface area contributed by atoms with E-state index in [0.29, 0.717) is 45.5 Å². The van der Waals surface area contributed by atoms with Crippen molar-refractivity contribution in [3.8, 4) is 29.3 Å². The number of rotatable bonds is 5. The van der Waals surface area contributed by atoms with Crippen molar-refractivity contribution in [3.05, 3.63) is 85.2 Å². The molecule has 2 aliphatic carbocycles. The van der Waals surface area contributed by atoms with Gasteiger partial charge in [-0.15, -0.1) is 68.4 Å². The van der Waals surface area contributed by atoms with Crippen LogP contribution in [0.2, 0.25) is 0 Å². The van der Waals surface area contributed by atoms with Gasteiger partial charge in [-0.3, -0.25) is 19.2 Å². The van der Waals surface area contributed by atoms with Gasteiger partial charge in [-0.25, -0.2) is 0 Å². The van der Waals surface area contributed by atoms with Gasteiger partial charge in [-0.2, -0.15) is 17.6 Å². The van der Waals surface area contributed by atoms with Crippen LogP contribution in [0.1, 0.15) is 62.9 Å². The van der Waals surface area contributed by atoms with E-state index in [1.54, 1.807) is 41.1 Å². The smallest absolute Gasteiger partial charge is 0.287 e. The highest BCUT2D eigenvalue weighted by Crippen LogP contribution is 2.58. The molecule has 0 N–H and O–H groups in total. The fourth-order valence-corrected chi connectivity index (χ4v) is 12.5. The molecular weight excluding hydrogens is 693 g/mol. The number of fused-ring (bicyclic) bond motifs is 2. The molecule has 44 heavy (non-hydrogen) atoms. The SMILES string of the molecule is O=C1c2c(C3=CCC(c4ccc(-c5sc(-c6cccs6)c6c5C(=O)C(F)(F)C6=O)s4)S3)sc(-c3cccs3)c2C(=O)C1(F)F. The summed E-state index contributed by atoms with van der Waals surface area (Å²) in [6, 6.07) is 10.5. The summed E-state index contributed by atoms with van der Waals surface area (Å²) in [5.41, 5.74) is -0.950. The molecule has 0 bridgehead atoms. The van der Waals surface area contributed by atoms with E-state index in [1.807, 2.05) is 12.1 Å². The lowest BCUT2D eigenvalue weighted by molar-refractivity contribution is 0.0186. The van der Waals surface area contributed by atoms with E-state index in [4.69, 9.17) is 0 Å². The third kappa shape index (κ3) is 3.84. The van der Waals surface area contributed by atoms with Crippen LogP contribution in [0, 0.1) is 0 Å². The van der Waals surface area contributed by atoms with Crippen molar-refractivity contribution in [2.45, 2.75) is 23.5 Å². The first-order chi connectivity index (χ1) is 21.0. The van der Waals surface area contributed by atoms with Crippen LogP contribution < -0.4 is 0 Å². The van der Waals surface area contributed by atoms with E-state index in [2.05, 4.69) is 0 Å². The second kappa shape index (κ2) is 9.74. The van der Waals surface area contributed by atoms with Gasteiger partial charge in [-0.05, 0) is 41.4 Å². The minimum Gasteiger partial charge on any atom is -0.287 e. The third-order valence-electron chi connectivity index (χ3n) is 7.53. The molecule has 0 fully saturated rings. The Morgan fingerprint density at radius 2 is 1.07 bits per heavy atom. The molecule has 6 heterocycles. The second-order valence-corrected chi connectivity index (χ2v) is 16.3. The molecule has 0 spiro atoms. The molecule has 8 rings (SSSR count). The molecule has 1 atom stereocenters. The maximum absolute atomic E-state index is 14.6. The topological polar surface area (TPSA) is 68.3 Å². The lowest BCUT2D eigenvalue weighted by Crippen LogP contribution is -2.30. The predicted octanol–water partition coefficient (Wildman–Crippen LogP) is 10.2. The Hall–Kier alpha value is -3.01. The largest absolute Gasteiger partial charge is 0.371 e. The Kier molecular flexibility index (Phi) is 6.30. The number of halogens is 4. The van der Waals surface area contributed by atoms with Gasteiger partial charge in [0.15, 0.2) is 0 Å². The predicted molar refractivity (Wildman–Crippen MR) is 169 cm³/mol. The average Bonchev–Trinajstić information content (AvgIpc) is 3.83. The van der Waals surface area contributed by atoms with Crippen LogP contribution in [0.4, 0.5) is 17.6 Å². The number of ketones is 4. The normalized spacial score (nSPS) is 20.1. The fourth-order valence-electron chi connectivity index (χ4n) is 5.50. The molecule has 0 saturated carbocycles. The second-order valence-electron chi connectivity index (χ2n) is 10.1. The standard InChI is InChI=1S/C30H12F4O4S6/c31-29(32)25(35)17-19(27(29)37)23(43-21(17)13-3-1-9-39-13)15-7-5-11(41-15)12-6-8-16(42-12)24-20-18(26(36)30(33,34)28(20)38)22(44-24)14-4-2-10-40-14/h1-5,7-10,12H,6H2. The fraction of sp³-hybridized carbons (Fsp3) is 0.133. The number of carbonyl (C=O) groups is 4. The summed E-state index contributed by atoms with van der Waals surface area (Å²) < 4.78 is 58.5. The Labute approximate surface area is 269 Å². The minimum atomic E-state index is -4.11. The number of allylic oxidation sites excluding steroid dienone is 1. The van der Waals surface area contributed by atoms with Crippen molar-refractivity contribution in [3.63, 3.8) is 0 Å². The van der Waals surface area contributed by atoms with Gasteiger partial charge in [0, 0.05) is 29.7 Å². The molecule has 5 aromatic rings. The first kappa shape index (κ1) is 28.5.